The van der Waals surface area contributed by atoms with E-state index in [0.717, 1.165) is 47.5 Å². The van der Waals surface area contributed by atoms with Crippen molar-refractivity contribution in [2.45, 2.75) is 50.6 Å². The Hall–Kier alpha value is -3.35. The van der Waals surface area contributed by atoms with Gasteiger partial charge in [-0.05, 0) is 67.3 Å². The molecule has 1 aliphatic carbocycles. The first-order chi connectivity index (χ1) is 16.5. The molecule has 2 aromatic rings. The summed E-state index contributed by atoms with van der Waals surface area (Å²) < 4.78 is 0. The molecule has 1 N–H and O–H groups in total. The Balaban J connectivity index is 1.24. The predicted octanol–water partition coefficient (Wildman–Crippen LogP) is 3.42. The van der Waals surface area contributed by atoms with Gasteiger partial charge < -0.3 is 15.1 Å². The minimum Gasteiger partial charge on any atom is -0.372 e. The van der Waals surface area contributed by atoms with E-state index in [1.165, 1.54) is 24.9 Å². The van der Waals surface area contributed by atoms with Gasteiger partial charge in [0.1, 0.15) is 12.1 Å². The van der Waals surface area contributed by atoms with Crippen LogP contribution in [0.4, 0.5) is 10.5 Å². The second kappa shape index (κ2) is 9.12. The van der Waals surface area contributed by atoms with Crippen LogP contribution in [-0.4, -0.2) is 54.3 Å². The van der Waals surface area contributed by atoms with Gasteiger partial charge in [0.2, 0.25) is 5.91 Å². The zero-order valence-electron chi connectivity index (χ0n) is 19.8. The molecule has 2 heterocycles. The lowest BCUT2D eigenvalue weighted by Crippen LogP contribution is -2.47. The molecule has 3 aliphatic rings. The van der Waals surface area contributed by atoms with Crippen molar-refractivity contribution in [3.8, 4) is 0 Å². The van der Waals surface area contributed by atoms with Gasteiger partial charge in [0.15, 0.2) is 0 Å². The maximum Gasteiger partial charge on any atom is 0.325 e. The molecular formula is C27H32N4O3. The number of aryl methyl sites for hydroxylation is 1. The van der Waals surface area contributed by atoms with Gasteiger partial charge in [0, 0.05) is 32.4 Å². The second-order valence-electron chi connectivity index (χ2n) is 9.70. The summed E-state index contributed by atoms with van der Waals surface area (Å²) in [6.07, 6.45) is 6.02. The highest BCUT2D eigenvalue weighted by atomic mass is 16.2. The molecule has 7 heteroatoms. The average Bonchev–Trinajstić information content (AvgIpc) is 3.10. The van der Waals surface area contributed by atoms with E-state index in [0.29, 0.717) is 13.0 Å². The van der Waals surface area contributed by atoms with Crippen LogP contribution >= 0.6 is 0 Å². The molecule has 34 heavy (non-hydrogen) atoms. The Bertz CT molecular complexity index is 1090. The lowest BCUT2D eigenvalue weighted by molar-refractivity contribution is -0.139. The van der Waals surface area contributed by atoms with Crippen molar-refractivity contribution in [3.63, 3.8) is 0 Å². The molecule has 0 radical (unpaired) electrons. The zero-order chi connectivity index (χ0) is 23.7. The van der Waals surface area contributed by atoms with E-state index in [1.807, 2.05) is 24.3 Å². The van der Waals surface area contributed by atoms with Gasteiger partial charge in [-0.25, -0.2) is 4.79 Å². The van der Waals surface area contributed by atoms with Crippen LogP contribution in [0.25, 0.3) is 0 Å². The summed E-state index contributed by atoms with van der Waals surface area (Å²) >= 11 is 0. The molecule has 2 saturated heterocycles. The molecule has 1 atom stereocenters. The number of imide groups is 1. The van der Waals surface area contributed by atoms with E-state index >= 15 is 0 Å². The number of anilines is 1. The standard InChI is InChI=1S/C27H32N4O3/c1-29(18-20-11-13-22(14-12-20)30-16-5-2-6-17-30)24(32)19-31-25(33)27(28-26(31)34)15-7-9-21-8-3-4-10-23(21)27/h3-4,8,10-14H,2,5-7,9,15-19H2,1H3,(H,28,34). The van der Waals surface area contributed by atoms with Gasteiger partial charge in [-0.2, -0.15) is 0 Å². The number of nitrogens with zero attached hydrogens (tertiary/aromatic N) is 3. The first-order valence-corrected chi connectivity index (χ1v) is 12.3. The summed E-state index contributed by atoms with van der Waals surface area (Å²) in [7, 11) is 1.71. The topological polar surface area (TPSA) is 73.0 Å². The third-order valence-corrected chi connectivity index (χ3v) is 7.45. The van der Waals surface area contributed by atoms with E-state index in [-0.39, 0.29) is 18.4 Å². The Labute approximate surface area is 200 Å². The molecule has 2 aromatic carbocycles. The summed E-state index contributed by atoms with van der Waals surface area (Å²) in [6.45, 7) is 2.36. The van der Waals surface area contributed by atoms with Crippen LogP contribution < -0.4 is 10.2 Å². The Morgan fingerprint density at radius 3 is 2.50 bits per heavy atom. The molecule has 1 unspecified atom stereocenters. The highest BCUT2D eigenvalue weighted by molar-refractivity contribution is 6.09. The number of piperidine rings is 1. The Morgan fingerprint density at radius 1 is 1.00 bits per heavy atom. The van der Waals surface area contributed by atoms with Crippen LogP contribution in [0.5, 0.6) is 0 Å². The monoisotopic (exact) mass is 460 g/mol. The van der Waals surface area contributed by atoms with Crippen molar-refractivity contribution >= 4 is 23.5 Å². The minimum absolute atomic E-state index is 0.253. The average molecular weight is 461 g/mol. The molecule has 2 aliphatic heterocycles. The third kappa shape index (κ3) is 4.04. The Morgan fingerprint density at radius 2 is 1.74 bits per heavy atom. The number of urea groups is 1. The predicted molar refractivity (Wildman–Crippen MR) is 130 cm³/mol. The van der Waals surface area contributed by atoms with E-state index < -0.39 is 11.6 Å². The minimum atomic E-state index is -1.05. The van der Waals surface area contributed by atoms with Gasteiger partial charge in [0.25, 0.3) is 5.91 Å². The number of hydrogen-bond donors (Lipinski definition) is 1. The molecule has 0 aromatic heterocycles. The molecule has 0 saturated carbocycles. The van der Waals surface area contributed by atoms with Crippen LogP contribution in [-0.2, 0) is 28.1 Å². The normalized spacial score (nSPS) is 22.0. The number of amides is 4. The van der Waals surface area contributed by atoms with Crippen LogP contribution in [0.3, 0.4) is 0 Å². The summed E-state index contributed by atoms with van der Waals surface area (Å²) in [5.41, 5.74) is 3.13. The number of likely N-dealkylation sites (N-methyl/N-ethyl adjacent to an activating group) is 1. The molecule has 5 rings (SSSR count). The number of fused-ring (bicyclic) bond motifs is 2. The second-order valence-corrected chi connectivity index (χ2v) is 9.70. The highest BCUT2D eigenvalue weighted by Crippen LogP contribution is 2.39. The van der Waals surface area contributed by atoms with E-state index in [4.69, 9.17) is 0 Å². The van der Waals surface area contributed by atoms with E-state index in [1.54, 1.807) is 11.9 Å². The smallest absolute Gasteiger partial charge is 0.325 e. The fourth-order valence-electron chi connectivity index (χ4n) is 5.54. The number of rotatable bonds is 5. The molecule has 178 valence electrons. The van der Waals surface area contributed by atoms with Crippen molar-refractivity contribution in [1.82, 2.24) is 15.1 Å². The number of nitrogens with one attached hydrogen (secondary N) is 1. The fraction of sp³-hybridized carbons (Fsp3) is 0.444. The molecule has 1 spiro atoms. The van der Waals surface area contributed by atoms with E-state index in [2.05, 4.69) is 34.5 Å². The number of hydrogen-bond acceptors (Lipinski definition) is 4. The van der Waals surface area contributed by atoms with Crippen LogP contribution in [0.1, 0.15) is 48.8 Å². The van der Waals surface area contributed by atoms with Crippen LogP contribution in [0.15, 0.2) is 48.5 Å². The van der Waals surface area contributed by atoms with Gasteiger partial charge in [-0.1, -0.05) is 36.4 Å². The summed E-state index contributed by atoms with van der Waals surface area (Å²) in [6, 6.07) is 15.6. The third-order valence-electron chi connectivity index (χ3n) is 7.45. The first-order valence-electron chi connectivity index (χ1n) is 12.3. The number of carbonyl (C=O) groups is 3. The molecule has 7 nitrogen and oxygen atoms in total. The first kappa shape index (κ1) is 22.4. The molecule has 4 amide bonds. The Kier molecular flexibility index (Phi) is 6.02. The molecule has 2 fully saturated rings. The van der Waals surface area contributed by atoms with Crippen LogP contribution in [0, 0.1) is 0 Å². The summed E-state index contributed by atoms with van der Waals surface area (Å²) in [5.74, 6) is -0.581. The van der Waals surface area contributed by atoms with Crippen molar-refractivity contribution in [2.24, 2.45) is 0 Å². The van der Waals surface area contributed by atoms with Crippen molar-refractivity contribution in [3.05, 3.63) is 65.2 Å². The number of benzene rings is 2. The summed E-state index contributed by atoms with van der Waals surface area (Å²) in [5, 5.41) is 2.92. The highest BCUT2D eigenvalue weighted by Gasteiger charge is 2.54. The van der Waals surface area contributed by atoms with Crippen LogP contribution in [0.2, 0.25) is 0 Å². The van der Waals surface area contributed by atoms with Gasteiger partial charge in [-0.3, -0.25) is 14.5 Å². The summed E-state index contributed by atoms with van der Waals surface area (Å²) in [4.78, 5) is 44.3. The molecular weight excluding hydrogens is 428 g/mol. The zero-order valence-corrected chi connectivity index (χ0v) is 19.8. The van der Waals surface area contributed by atoms with Crippen molar-refractivity contribution < 1.29 is 14.4 Å². The largest absolute Gasteiger partial charge is 0.372 e. The van der Waals surface area contributed by atoms with Gasteiger partial charge >= 0.3 is 6.03 Å². The van der Waals surface area contributed by atoms with Crippen molar-refractivity contribution in [2.75, 3.05) is 31.6 Å². The van der Waals surface area contributed by atoms with Gasteiger partial charge in [0.05, 0.1) is 0 Å². The lowest BCUT2D eigenvalue weighted by Gasteiger charge is -2.33. The lowest BCUT2D eigenvalue weighted by atomic mass is 9.76. The quantitative estimate of drug-likeness (QED) is 0.694. The SMILES string of the molecule is CN(Cc1ccc(N2CCCCC2)cc1)C(=O)CN1C(=O)NC2(CCCc3ccccc32)C1=O. The fourth-order valence-corrected chi connectivity index (χ4v) is 5.54. The molecule has 0 bridgehead atoms. The van der Waals surface area contributed by atoms with Crippen molar-refractivity contribution in [1.29, 1.82) is 0 Å². The maximum absolute atomic E-state index is 13.4. The van der Waals surface area contributed by atoms with Gasteiger partial charge in [-0.15, -0.1) is 0 Å². The maximum atomic E-state index is 13.4. The number of carbonyl (C=O) groups excluding carboxylic acids is 3. The van der Waals surface area contributed by atoms with E-state index in [9.17, 15) is 14.4 Å².